The van der Waals surface area contributed by atoms with E-state index in [1.54, 1.807) is 19.3 Å². The Kier molecular flexibility index (Phi) is 4.25. The molecule has 20 heavy (non-hydrogen) atoms. The molecule has 0 radical (unpaired) electrons. The van der Waals surface area contributed by atoms with Crippen LogP contribution >= 0.6 is 27.3 Å². The topological polar surface area (TPSA) is 102 Å². The molecule has 0 aliphatic heterocycles. The van der Waals surface area contributed by atoms with Crippen LogP contribution < -0.4 is 5.43 Å². The minimum Gasteiger partial charge on any atom is -0.274 e. The zero-order valence-corrected chi connectivity index (χ0v) is 12.5. The summed E-state index contributed by atoms with van der Waals surface area (Å²) in [7, 11) is 1.69. The molecule has 2 aromatic heterocycles. The Morgan fingerprint density at radius 2 is 2.40 bits per heavy atom. The van der Waals surface area contributed by atoms with Crippen molar-refractivity contribution in [1.29, 1.82) is 0 Å². The van der Waals surface area contributed by atoms with E-state index >= 15 is 0 Å². The molecule has 0 aliphatic rings. The molecule has 2 aromatic rings. The number of thiophene rings is 1. The summed E-state index contributed by atoms with van der Waals surface area (Å²) in [6.07, 6.45) is 2.98. The second-order valence-corrected chi connectivity index (χ2v) is 5.58. The molecule has 0 unspecified atom stereocenters. The first-order chi connectivity index (χ1) is 9.47. The number of carbonyl (C=O) groups is 1. The second kappa shape index (κ2) is 5.92. The zero-order chi connectivity index (χ0) is 14.7. The van der Waals surface area contributed by atoms with Crippen LogP contribution in [-0.4, -0.2) is 26.8 Å². The molecular formula is C10H8BrN5O3S. The lowest BCUT2D eigenvalue weighted by Crippen LogP contribution is -2.18. The molecule has 0 aliphatic carbocycles. The van der Waals surface area contributed by atoms with Gasteiger partial charge in [0.25, 0.3) is 5.91 Å². The number of hydrogen-bond acceptors (Lipinski definition) is 6. The van der Waals surface area contributed by atoms with Crippen molar-refractivity contribution in [2.75, 3.05) is 0 Å². The summed E-state index contributed by atoms with van der Waals surface area (Å²) in [4.78, 5) is 22.3. The van der Waals surface area contributed by atoms with Crippen molar-refractivity contribution < 1.29 is 9.72 Å². The summed E-state index contributed by atoms with van der Waals surface area (Å²) < 4.78 is 2.05. The fourth-order valence-corrected chi connectivity index (χ4v) is 2.58. The van der Waals surface area contributed by atoms with Gasteiger partial charge in [-0.2, -0.15) is 10.2 Å². The molecule has 2 heterocycles. The van der Waals surface area contributed by atoms with Crippen molar-refractivity contribution in [2.24, 2.45) is 12.1 Å². The Morgan fingerprint density at radius 1 is 1.65 bits per heavy atom. The quantitative estimate of drug-likeness (QED) is 0.512. The van der Waals surface area contributed by atoms with Crippen LogP contribution in [0.5, 0.6) is 0 Å². The summed E-state index contributed by atoms with van der Waals surface area (Å²) in [5, 5.41) is 18.2. The number of carbonyl (C=O) groups excluding carboxylic acids is 1. The molecule has 0 saturated heterocycles. The van der Waals surface area contributed by atoms with E-state index in [2.05, 4.69) is 31.6 Å². The Bertz CT molecular complexity index is 693. The fraction of sp³-hybridized carbons (Fsp3) is 0.100. The van der Waals surface area contributed by atoms with E-state index in [1.807, 2.05) is 0 Å². The number of aromatic nitrogens is 2. The van der Waals surface area contributed by atoms with Gasteiger partial charge < -0.3 is 0 Å². The first kappa shape index (κ1) is 14.3. The third-order valence-electron chi connectivity index (χ3n) is 2.15. The number of hydrazone groups is 1. The van der Waals surface area contributed by atoms with E-state index < -0.39 is 10.8 Å². The Hall–Kier alpha value is -2.07. The number of halogens is 1. The minimum absolute atomic E-state index is 0.0187. The number of nitrogens with zero attached hydrogens (tertiary/aromatic N) is 4. The molecule has 10 heteroatoms. The fourth-order valence-electron chi connectivity index (χ4n) is 1.33. The lowest BCUT2D eigenvalue weighted by molar-refractivity contribution is -0.380. The predicted octanol–water partition coefficient (Wildman–Crippen LogP) is 1.92. The highest BCUT2D eigenvalue weighted by Crippen LogP contribution is 2.22. The first-order valence-electron chi connectivity index (χ1n) is 5.24. The van der Waals surface area contributed by atoms with Crippen molar-refractivity contribution in [3.63, 3.8) is 0 Å². The maximum atomic E-state index is 11.7. The summed E-state index contributed by atoms with van der Waals surface area (Å²) >= 11 is 4.17. The average molecular weight is 358 g/mol. The maximum Gasteiger partial charge on any atom is 0.324 e. The molecule has 1 N–H and O–H groups in total. The molecule has 8 nitrogen and oxygen atoms in total. The minimum atomic E-state index is -0.481. The Balaban J connectivity index is 2.00. The van der Waals surface area contributed by atoms with E-state index in [4.69, 9.17) is 0 Å². The summed E-state index contributed by atoms with van der Waals surface area (Å²) in [5.74, 6) is -0.472. The second-order valence-electron chi connectivity index (χ2n) is 3.63. The Labute approximate surface area is 125 Å². The highest BCUT2D eigenvalue weighted by Gasteiger charge is 2.13. The first-order valence-corrected chi connectivity index (χ1v) is 6.85. The van der Waals surface area contributed by atoms with Crippen LogP contribution in [0.2, 0.25) is 0 Å². The maximum absolute atomic E-state index is 11.7. The number of nitrogens with one attached hydrogen (secondary N) is 1. The Morgan fingerprint density at radius 3 is 2.95 bits per heavy atom. The number of rotatable bonds is 4. The monoisotopic (exact) mass is 357 g/mol. The van der Waals surface area contributed by atoms with Crippen LogP contribution in [0.15, 0.2) is 27.9 Å². The molecule has 0 spiro atoms. The summed E-state index contributed by atoms with van der Waals surface area (Å²) in [6, 6.07) is 2.93. The number of aryl methyl sites for hydroxylation is 1. The van der Waals surface area contributed by atoms with Gasteiger partial charge in [0.1, 0.15) is 0 Å². The van der Waals surface area contributed by atoms with Crippen LogP contribution in [0.4, 0.5) is 5.00 Å². The van der Waals surface area contributed by atoms with Crippen molar-refractivity contribution in [2.45, 2.75) is 0 Å². The van der Waals surface area contributed by atoms with E-state index in [-0.39, 0.29) is 10.7 Å². The number of amides is 1. The van der Waals surface area contributed by atoms with Crippen molar-refractivity contribution in [3.8, 4) is 0 Å². The smallest absolute Gasteiger partial charge is 0.274 e. The SMILES string of the molecule is Cn1cc(Br)c(C(=O)N/N=C\c2ccc([N+](=O)[O-])s2)n1. The van der Waals surface area contributed by atoms with E-state index in [0.717, 1.165) is 11.3 Å². The average Bonchev–Trinajstić information content (AvgIpc) is 2.96. The summed E-state index contributed by atoms with van der Waals surface area (Å²) in [5.41, 5.74) is 2.51. The van der Waals surface area contributed by atoms with Crippen LogP contribution in [0, 0.1) is 10.1 Å². The van der Waals surface area contributed by atoms with Crippen LogP contribution in [0.3, 0.4) is 0 Å². The normalized spacial score (nSPS) is 10.9. The molecule has 2 rings (SSSR count). The van der Waals surface area contributed by atoms with E-state index in [1.165, 1.54) is 17.0 Å². The van der Waals surface area contributed by atoms with Crippen molar-refractivity contribution in [1.82, 2.24) is 15.2 Å². The van der Waals surface area contributed by atoms with Crippen LogP contribution in [-0.2, 0) is 7.05 Å². The molecular weight excluding hydrogens is 350 g/mol. The van der Waals surface area contributed by atoms with Gasteiger partial charge in [-0.1, -0.05) is 11.3 Å². The molecule has 0 bridgehead atoms. The lowest BCUT2D eigenvalue weighted by atomic mass is 10.4. The standard InChI is InChI=1S/C10H8BrN5O3S/c1-15-5-7(11)9(14-15)10(17)13-12-4-6-2-3-8(20-6)16(18)19/h2-5H,1H3,(H,13,17)/b12-4-. The van der Waals surface area contributed by atoms with Gasteiger partial charge in [-0.15, -0.1) is 0 Å². The highest BCUT2D eigenvalue weighted by atomic mass is 79.9. The molecule has 0 fully saturated rings. The van der Waals surface area contributed by atoms with Gasteiger partial charge in [0, 0.05) is 19.3 Å². The molecule has 104 valence electrons. The van der Waals surface area contributed by atoms with Gasteiger partial charge in [-0.05, 0) is 22.0 Å². The third-order valence-corrected chi connectivity index (χ3v) is 3.70. The number of hydrogen-bond donors (Lipinski definition) is 1. The number of nitro groups is 1. The molecule has 0 saturated carbocycles. The van der Waals surface area contributed by atoms with Gasteiger partial charge >= 0.3 is 5.00 Å². The predicted molar refractivity (Wildman–Crippen MR) is 76.9 cm³/mol. The van der Waals surface area contributed by atoms with Gasteiger partial charge in [0.15, 0.2) is 5.69 Å². The molecule has 0 aromatic carbocycles. The molecule has 0 atom stereocenters. The largest absolute Gasteiger partial charge is 0.324 e. The van der Waals surface area contributed by atoms with Gasteiger partial charge in [0.05, 0.1) is 20.5 Å². The lowest BCUT2D eigenvalue weighted by Gasteiger charge is -1.95. The van der Waals surface area contributed by atoms with Gasteiger partial charge in [-0.25, -0.2) is 5.43 Å². The van der Waals surface area contributed by atoms with Crippen LogP contribution in [0.25, 0.3) is 0 Å². The highest BCUT2D eigenvalue weighted by molar-refractivity contribution is 9.10. The van der Waals surface area contributed by atoms with E-state index in [9.17, 15) is 14.9 Å². The van der Waals surface area contributed by atoms with Crippen LogP contribution in [0.1, 0.15) is 15.4 Å². The van der Waals surface area contributed by atoms with Crippen molar-refractivity contribution in [3.05, 3.63) is 43.5 Å². The zero-order valence-electron chi connectivity index (χ0n) is 10.1. The van der Waals surface area contributed by atoms with Gasteiger partial charge in [-0.3, -0.25) is 19.6 Å². The van der Waals surface area contributed by atoms with Gasteiger partial charge in [0.2, 0.25) is 0 Å². The van der Waals surface area contributed by atoms with E-state index in [0.29, 0.717) is 9.35 Å². The molecule has 1 amide bonds. The summed E-state index contributed by atoms with van der Waals surface area (Å²) in [6.45, 7) is 0. The third kappa shape index (κ3) is 3.27. The van der Waals surface area contributed by atoms with Crippen molar-refractivity contribution >= 4 is 44.4 Å².